The Morgan fingerprint density at radius 3 is 3.00 bits per heavy atom. The van der Waals surface area contributed by atoms with Crippen molar-refractivity contribution in [1.82, 2.24) is 10.3 Å². The molecule has 3 nitrogen and oxygen atoms in total. The summed E-state index contributed by atoms with van der Waals surface area (Å²) in [5, 5.41) is 3.40. The summed E-state index contributed by atoms with van der Waals surface area (Å²) in [6.45, 7) is 7.51. The number of nitrogens with zero attached hydrogens (tertiary/aromatic N) is 2. The van der Waals surface area contributed by atoms with Crippen LogP contribution in [0.25, 0.3) is 0 Å². The molecule has 0 radical (unpaired) electrons. The minimum atomic E-state index is 0.595. The third-order valence-corrected chi connectivity index (χ3v) is 3.97. The first-order chi connectivity index (χ1) is 7.72. The molecule has 1 unspecified atom stereocenters. The van der Waals surface area contributed by atoms with Gasteiger partial charge in [-0.05, 0) is 54.4 Å². The van der Waals surface area contributed by atoms with Gasteiger partial charge in [0, 0.05) is 29.8 Å². The van der Waals surface area contributed by atoms with Gasteiger partial charge < -0.3 is 10.2 Å². The molecule has 1 aromatic heterocycles. The second-order valence-corrected chi connectivity index (χ2v) is 5.08. The summed E-state index contributed by atoms with van der Waals surface area (Å²) >= 11 is 3.49. The van der Waals surface area contributed by atoms with E-state index in [4.69, 9.17) is 0 Å². The van der Waals surface area contributed by atoms with Gasteiger partial charge in [-0.3, -0.25) is 0 Å². The van der Waals surface area contributed by atoms with Crippen LogP contribution in [0.1, 0.15) is 18.9 Å². The van der Waals surface area contributed by atoms with Crippen molar-refractivity contribution in [2.75, 3.05) is 24.5 Å². The zero-order valence-electron chi connectivity index (χ0n) is 9.83. The number of anilines is 1. The van der Waals surface area contributed by atoms with Crippen molar-refractivity contribution in [2.45, 2.75) is 26.3 Å². The molecule has 0 aliphatic carbocycles. The summed E-state index contributed by atoms with van der Waals surface area (Å²) in [6.07, 6.45) is 3.11. The molecule has 0 aromatic carbocycles. The molecule has 1 N–H and O–H groups in total. The van der Waals surface area contributed by atoms with Crippen molar-refractivity contribution < 1.29 is 0 Å². The summed E-state index contributed by atoms with van der Waals surface area (Å²) in [5.41, 5.74) is 1.24. The number of hydrogen-bond acceptors (Lipinski definition) is 3. The summed E-state index contributed by atoms with van der Waals surface area (Å²) in [7, 11) is 0. The van der Waals surface area contributed by atoms with Crippen LogP contribution in [0, 0.1) is 6.92 Å². The quantitative estimate of drug-likeness (QED) is 0.923. The zero-order chi connectivity index (χ0) is 11.5. The summed E-state index contributed by atoms with van der Waals surface area (Å²) in [6, 6.07) is 2.75. The standard InChI is InChI=1S/C12H18BrN3/c1-3-16(10-4-5-14-7-10)12-6-9(2)11(13)8-15-12/h6,8,10,14H,3-5,7H2,1-2H3. The van der Waals surface area contributed by atoms with Gasteiger partial charge in [0.15, 0.2) is 0 Å². The molecule has 1 fully saturated rings. The Bertz CT molecular complexity index is 361. The topological polar surface area (TPSA) is 28.2 Å². The Labute approximate surface area is 105 Å². The third-order valence-electron chi connectivity index (χ3n) is 3.14. The lowest BCUT2D eigenvalue weighted by molar-refractivity contribution is 0.640. The molecule has 1 aliphatic rings. The minimum absolute atomic E-state index is 0.595. The molecule has 0 bridgehead atoms. The van der Waals surface area contributed by atoms with Gasteiger partial charge >= 0.3 is 0 Å². The van der Waals surface area contributed by atoms with E-state index in [9.17, 15) is 0 Å². The van der Waals surface area contributed by atoms with Crippen molar-refractivity contribution >= 4 is 21.7 Å². The summed E-state index contributed by atoms with van der Waals surface area (Å²) in [5.74, 6) is 1.09. The predicted molar refractivity (Wildman–Crippen MR) is 71.0 cm³/mol. The molecule has 88 valence electrons. The van der Waals surface area contributed by atoms with Crippen molar-refractivity contribution in [2.24, 2.45) is 0 Å². The van der Waals surface area contributed by atoms with E-state index in [0.717, 1.165) is 29.9 Å². The first-order valence-electron chi connectivity index (χ1n) is 5.82. The van der Waals surface area contributed by atoms with Crippen LogP contribution >= 0.6 is 15.9 Å². The number of rotatable bonds is 3. The average molecular weight is 284 g/mol. The monoisotopic (exact) mass is 283 g/mol. The Morgan fingerprint density at radius 2 is 2.44 bits per heavy atom. The van der Waals surface area contributed by atoms with E-state index in [1.165, 1.54) is 12.0 Å². The first kappa shape index (κ1) is 11.9. The average Bonchev–Trinajstić information content (AvgIpc) is 2.78. The lowest BCUT2D eigenvalue weighted by atomic mass is 10.2. The van der Waals surface area contributed by atoms with Crippen molar-refractivity contribution in [3.63, 3.8) is 0 Å². The van der Waals surface area contributed by atoms with Gasteiger partial charge in [0.25, 0.3) is 0 Å². The van der Waals surface area contributed by atoms with Crippen LogP contribution in [0.2, 0.25) is 0 Å². The fraction of sp³-hybridized carbons (Fsp3) is 0.583. The van der Waals surface area contributed by atoms with E-state index in [-0.39, 0.29) is 0 Å². The largest absolute Gasteiger partial charge is 0.353 e. The van der Waals surface area contributed by atoms with Gasteiger partial charge in [0.2, 0.25) is 0 Å². The molecule has 0 spiro atoms. The Balaban J connectivity index is 2.22. The van der Waals surface area contributed by atoms with Crippen LogP contribution in [0.3, 0.4) is 0 Å². The summed E-state index contributed by atoms with van der Waals surface area (Å²) in [4.78, 5) is 6.89. The van der Waals surface area contributed by atoms with E-state index < -0.39 is 0 Å². The van der Waals surface area contributed by atoms with Crippen molar-refractivity contribution in [3.05, 3.63) is 22.3 Å². The molecule has 0 saturated carbocycles. The highest BCUT2D eigenvalue weighted by Crippen LogP contribution is 2.22. The highest BCUT2D eigenvalue weighted by atomic mass is 79.9. The number of halogens is 1. The van der Waals surface area contributed by atoms with E-state index >= 15 is 0 Å². The second-order valence-electron chi connectivity index (χ2n) is 4.22. The Kier molecular flexibility index (Phi) is 3.82. The van der Waals surface area contributed by atoms with Crippen molar-refractivity contribution in [3.8, 4) is 0 Å². The van der Waals surface area contributed by atoms with Gasteiger partial charge in [-0.25, -0.2) is 4.98 Å². The van der Waals surface area contributed by atoms with Gasteiger partial charge in [-0.15, -0.1) is 0 Å². The molecular formula is C12H18BrN3. The summed E-state index contributed by atoms with van der Waals surface area (Å²) < 4.78 is 1.08. The minimum Gasteiger partial charge on any atom is -0.353 e. The van der Waals surface area contributed by atoms with Gasteiger partial charge in [-0.2, -0.15) is 0 Å². The SMILES string of the molecule is CCN(c1cc(C)c(Br)cn1)C1CCNC1. The molecule has 2 heterocycles. The fourth-order valence-electron chi connectivity index (χ4n) is 2.19. The molecular weight excluding hydrogens is 266 g/mol. The molecule has 1 aromatic rings. The molecule has 4 heteroatoms. The van der Waals surface area contributed by atoms with Crippen LogP contribution in [0.15, 0.2) is 16.7 Å². The predicted octanol–water partition coefficient (Wildman–Crippen LogP) is 2.34. The van der Waals surface area contributed by atoms with Crippen molar-refractivity contribution in [1.29, 1.82) is 0 Å². The number of likely N-dealkylation sites (N-methyl/N-ethyl adjacent to an activating group) is 1. The first-order valence-corrected chi connectivity index (χ1v) is 6.61. The highest BCUT2D eigenvalue weighted by Gasteiger charge is 2.22. The van der Waals surface area contributed by atoms with Crippen LogP contribution in [0.5, 0.6) is 0 Å². The highest BCUT2D eigenvalue weighted by molar-refractivity contribution is 9.10. The van der Waals surface area contributed by atoms with Crippen LogP contribution in [-0.4, -0.2) is 30.7 Å². The van der Waals surface area contributed by atoms with Crippen LogP contribution in [0.4, 0.5) is 5.82 Å². The third kappa shape index (κ3) is 2.38. The molecule has 1 atom stereocenters. The smallest absolute Gasteiger partial charge is 0.129 e. The maximum atomic E-state index is 4.51. The number of pyridine rings is 1. The Morgan fingerprint density at radius 1 is 1.62 bits per heavy atom. The zero-order valence-corrected chi connectivity index (χ0v) is 11.4. The van der Waals surface area contributed by atoms with Gasteiger partial charge in [-0.1, -0.05) is 0 Å². The number of hydrogen-bond donors (Lipinski definition) is 1. The number of aryl methyl sites for hydroxylation is 1. The second kappa shape index (κ2) is 5.15. The normalized spacial score (nSPS) is 20.1. The van der Waals surface area contributed by atoms with E-state index in [1.807, 2.05) is 6.20 Å². The molecule has 0 amide bonds. The molecule has 1 saturated heterocycles. The van der Waals surface area contributed by atoms with Gasteiger partial charge in [0.1, 0.15) is 5.82 Å². The number of aromatic nitrogens is 1. The maximum absolute atomic E-state index is 4.51. The van der Waals surface area contributed by atoms with E-state index in [1.54, 1.807) is 0 Å². The van der Waals surface area contributed by atoms with E-state index in [2.05, 4.69) is 51.0 Å². The van der Waals surface area contributed by atoms with E-state index in [0.29, 0.717) is 6.04 Å². The Hall–Kier alpha value is -0.610. The maximum Gasteiger partial charge on any atom is 0.129 e. The van der Waals surface area contributed by atoms with Crippen LogP contribution in [-0.2, 0) is 0 Å². The molecule has 1 aliphatic heterocycles. The van der Waals surface area contributed by atoms with Crippen LogP contribution < -0.4 is 10.2 Å². The molecule has 2 rings (SSSR count). The van der Waals surface area contributed by atoms with Gasteiger partial charge in [0.05, 0.1) is 0 Å². The fourth-order valence-corrected chi connectivity index (χ4v) is 2.41. The molecule has 16 heavy (non-hydrogen) atoms. The lowest BCUT2D eigenvalue weighted by Gasteiger charge is -2.28. The lowest BCUT2D eigenvalue weighted by Crippen LogP contribution is -2.37. The number of nitrogens with one attached hydrogen (secondary N) is 1.